The molecule has 0 bridgehead atoms. The molecule has 15 heteroatoms. The first kappa shape index (κ1) is 40.2. The van der Waals surface area contributed by atoms with E-state index in [1.165, 1.54) is 11.0 Å². The van der Waals surface area contributed by atoms with E-state index in [9.17, 15) is 29.5 Å². The van der Waals surface area contributed by atoms with Crippen LogP contribution in [-0.4, -0.2) is 121 Å². The van der Waals surface area contributed by atoms with Crippen LogP contribution < -0.4 is 20.0 Å². The highest BCUT2D eigenvalue weighted by molar-refractivity contribution is 6.32. The third-order valence-electron chi connectivity index (χ3n) is 14.0. The van der Waals surface area contributed by atoms with E-state index in [0.717, 1.165) is 102 Å². The van der Waals surface area contributed by atoms with Gasteiger partial charge in [-0.1, -0.05) is 11.6 Å². The summed E-state index contributed by atoms with van der Waals surface area (Å²) in [5.41, 5.74) is 4.38. The molecule has 3 aromatic rings. The maximum Gasteiger partial charge on any atom is 0.257 e. The Morgan fingerprint density at radius 3 is 2.23 bits per heavy atom. The summed E-state index contributed by atoms with van der Waals surface area (Å²) in [7, 11) is 0. The van der Waals surface area contributed by atoms with Gasteiger partial charge < -0.3 is 24.7 Å². The van der Waals surface area contributed by atoms with Gasteiger partial charge in [-0.15, -0.1) is 0 Å². The topological polar surface area (TPSA) is 144 Å². The minimum atomic E-state index is -1.25. The molecule has 5 saturated heterocycles. The van der Waals surface area contributed by atoms with Gasteiger partial charge in [-0.05, 0) is 104 Å². The summed E-state index contributed by atoms with van der Waals surface area (Å²) < 4.78 is 15.7. The zero-order valence-corrected chi connectivity index (χ0v) is 34.4. The van der Waals surface area contributed by atoms with Crippen LogP contribution in [0.25, 0.3) is 0 Å². The molecule has 0 aromatic heterocycles. The number of imide groups is 1. The molecule has 6 aliphatic rings. The normalized spacial score (nSPS) is 23.6. The number of hydrogen-bond donors (Lipinski definition) is 2. The number of piperazine rings is 1. The molecule has 2 N–H and O–H groups in total. The number of carbonyl (C=O) groups excluding carboxylic acids is 4. The van der Waals surface area contributed by atoms with E-state index in [4.69, 9.17) is 11.6 Å². The van der Waals surface area contributed by atoms with Gasteiger partial charge in [-0.2, -0.15) is 5.26 Å². The van der Waals surface area contributed by atoms with Crippen molar-refractivity contribution in [2.75, 3.05) is 86.7 Å². The highest BCUT2D eigenvalue weighted by Gasteiger charge is 2.45. The van der Waals surface area contributed by atoms with Crippen LogP contribution >= 0.6 is 11.6 Å². The first-order valence-electron chi connectivity index (χ1n) is 21.2. The lowest BCUT2D eigenvalue weighted by atomic mass is 9.77. The first-order valence-corrected chi connectivity index (χ1v) is 21.6. The second-order valence-corrected chi connectivity index (χ2v) is 17.9. The summed E-state index contributed by atoms with van der Waals surface area (Å²) >= 11 is 6.31. The van der Waals surface area contributed by atoms with E-state index >= 15 is 4.39 Å². The minimum absolute atomic E-state index is 0.121. The Labute approximate surface area is 354 Å². The summed E-state index contributed by atoms with van der Waals surface area (Å²) in [5.74, 6) is -1.34. The van der Waals surface area contributed by atoms with Crippen LogP contribution in [0, 0.1) is 28.5 Å². The predicted molar refractivity (Wildman–Crippen MR) is 224 cm³/mol. The number of hydrogen-bond acceptors (Lipinski definition) is 10. The Balaban J connectivity index is 0.724. The first-order chi connectivity index (χ1) is 29.0. The average molecular weight is 837 g/mol. The number of amides is 4. The summed E-state index contributed by atoms with van der Waals surface area (Å²) in [4.78, 5) is 63.0. The molecule has 314 valence electrons. The molecule has 2 atom stereocenters. The number of benzene rings is 3. The number of aliphatic hydroxyl groups excluding tert-OH is 1. The van der Waals surface area contributed by atoms with Crippen molar-refractivity contribution in [1.82, 2.24) is 20.0 Å². The van der Waals surface area contributed by atoms with Gasteiger partial charge in [-0.3, -0.25) is 34.3 Å². The van der Waals surface area contributed by atoms with Gasteiger partial charge in [0, 0.05) is 106 Å². The maximum atomic E-state index is 15.7. The maximum absolute atomic E-state index is 15.7. The predicted octanol–water partition coefficient (Wildman–Crippen LogP) is 4.77. The molecular weight excluding hydrogens is 787 g/mol. The highest BCUT2D eigenvalue weighted by Crippen LogP contribution is 2.44. The number of nitrogens with one attached hydrogen (secondary N) is 1. The average Bonchev–Trinajstić information content (AvgIpc) is 3.78. The van der Waals surface area contributed by atoms with Gasteiger partial charge in [0.1, 0.15) is 17.9 Å². The number of rotatable bonds is 7. The molecule has 6 aliphatic heterocycles. The number of nitrogens with zero attached hydrogens (tertiary/aromatic N) is 7. The van der Waals surface area contributed by atoms with Crippen LogP contribution in [0.2, 0.25) is 5.02 Å². The molecule has 1 spiro atoms. The van der Waals surface area contributed by atoms with Crippen LogP contribution in [-0.2, 0) is 9.59 Å². The lowest BCUT2D eigenvalue weighted by Crippen LogP contribution is -2.53. The van der Waals surface area contributed by atoms with E-state index in [1.807, 2.05) is 29.2 Å². The summed E-state index contributed by atoms with van der Waals surface area (Å²) in [6, 6.07) is 17.3. The zero-order chi connectivity index (χ0) is 41.7. The van der Waals surface area contributed by atoms with Crippen LogP contribution in [0.5, 0.6) is 0 Å². The largest absolute Gasteiger partial charge is 0.372 e. The molecule has 3 aromatic carbocycles. The molecule has 5 fully saturated rings. The Morgan fingerprint density at radius 1 is 0.850 bits per heavy atom. The smallest absolute Gasteiger partial charge is 0.257 e. The monoisotopic (exact) mass is 836 g/mol. The molecule has 2 unspecified atom stereocenters. The van der Waals surface area contributed by atoms with Gasteiger partial charge in [0.15, 0.2) is 6.23 Å². The lowest BCUT2D eigenvalue weighted by Gasteiger charge is -2.40. The zero-order valence-electron chi connectivity index (χ0n) is 33.6. The van der Waals surface area contributed by atoms with Crippen molar-refractivity contribution in [3.8, 4) is 6.07 Å². The molecule has 6 heterocycles. The number of piperidine rings is 3. The van der Waals surface area contributed by atoms with Gasteiger partial charge in [0.05, 0.1) is 16.3 Å². The van der Waals surface area contributed by atoms with E-state index < -0.39 is 24.1 Å². The molecule has 0 saturated carbocycles. The van der Waals surface area contributed by atoms with E-state index in [-0.39, 0.29) is 35.9 Å². The quantitative estimate of drug-likeness (QED) is 0.320. The van der Waals surface area contributed by atoms with Crippen LogP contribution in [0.1, 0.15) is 83.0 Å². The van der Waals surface area contributed by atoms with E-state index in [2.05, 4.69) is 31.0 Å². The second-order valence-electron chi connectivity index (χ2n) is 17.4. The Hall–Kier alpha value is -5.23. The van der Waals surface area contributed by atoms with Crippen LogP contribution in [0.15, 0.2) is 54.6 Å². The molecular formula is C45H50ClFN8O5. The highest BCUT2D eigenvalue weighted by atomic mass is 35.5. The SMILES string of the molecule is N#Cc1ccc(N2CCC3(CCN(c4ccc(C(=O)N5CCN(CC6CCN(c7ccc8c(c7)C(O)N(C7CCC(=O)NC7=O)C8=O)CC6)CC5)cc4F)CC3)C2)cc1Cl. The molecule has 4 amide bonds. The van der Waals surface area contributed by atoms with Crippen molar-refractivity contribution < 1.29 is 28.7 Å². The fourth-order valence-electron chi connectivity index (χ4n) is 10.3. The Morgan fingerprint density at radius 2 is 1.55 bits per heavy atom. The Kier molecular flexibility index (Phi) is 10.9. The fourth-order valence-corrected chi connectivity index (χ4v) is 10.6. The van der Waals surface area contributed by atoms with Gasteiger partial charge >= 0.3 is 0 Å². The van der Waals surface area contributed by atoms with Gasteiger partial charge in [0.25, 0.3) is 11.8 Å². The summed E-state index contributed by atoms with van der Waals surface area (Å²) in [6.45, 7) is 8.64. The fraction of sp³-hybridized carbons (Fsp3) is 0.489. The number of fused-ring (bicyclic) bond motifs is 1. The molecule has 60 heavy (non-hydrogen) atoms. The van der Waals surface area contributed by atoms with Crippen molar-refractivity contribution in [2.24, 2.45) is 11.3 Å². The standard InChI is InChI=1S/C45H50ClFN8O5/c46-36-25-33(3-1-31(36)26-48)54-18-13-45(28-54)11-16-52(17-12-45)38-6-2-30(23-37(38)47)42(58)53-21-19-50(20-22-53)27-29-9-14-51(15-10-29)32-4-5-34-35(24-32)44(60)55(43(34)59)39-7-8-40(56)49-41(39)57/h1-6,23-25,29,39,44,60H,7-22,27-28H2,(H,49,56,57). The van der Waals surface area contributed by atoms with Crippen molar-refractivity contribution in [1.29, 1.82) is 5.26 Å². The van der Waals surface area contributed by atoms with Crippen LogP contribution in [0.3, 0.4) is 0 Å². The van der Waals surface area contributed by atoms with Crippen molar-refractivity contribution in [3.63, 3.8) is 0 Å². The van der Waals surface area contributed by atoms with E-state index in [1.54, 1.807) is 24.3 Å². The van der Waals surface area contributed by atoms with Crippen molar-refractivity contribution in [2.45, 2.75) is 57.2 Å². The van der Waals surface area contributed by atoms with Crippen molar-refractivity contribution in [3.05, 3.63) is 87.7 Å². The molecule has 0 radical (unpaired) electrons. The second kappa shape index (κ2) is 16.3. The molecule has 9 rings (SSSR count). The number of aliphatic hydroxyl groups is 1. The third-order valence-corrected chi connectivity index (χ3v) is 14.3. The minimum Gasteiger partial charge on any atom is -0.372 e. The Bertz CT molecular complexity index is 2240. The summed E-state index contributed by atoms with van der Waals surface area (Å²) in [5, 5.41) is 23.1. The molecule has 0 aliphatic carbocycles. The van der Waals surface area contributed by atoms with Crippen molar-refractivity contribution >= 4 is 52.3 Å². The molecule has 13 nitrogen and oxygen atoms in total. The number of halogens is 2. The van der Waals surface area contributed by atoms with Gasteiger partial charge in [0.2, 0.25) is 11.8 Å². The number of anilines is 3. The lowest BCUT2D eigenvalue weighted by molar-refractivity contribution is -0.139. The number of nitriles is 1. The summed E-state index contributed by atoms with van der Waals surface area (Å²) in [6.07, 6.45) is 3.99. The van der Waals surface area contributed by atoms with Gasteiger partial charge in [-0.25, -0.2) is 4.39 Å². The van der Waals surface area contributed by atoms with Crippen LogP contribution in [0.4, 0.5) is 21.5 Å². The number of carbonyl (C=O) groups is 4. The third kappa shape index (κ3) is 7.67. The van der Waals surface area contributed by atoms with E-state index in [0.29, 0.717) is 52.0 Å².